The van der Waals surface area contributed by atoms with E-state index in [1.54, 1.807) is 12.1 Å². The van der Waals surface area contributed by atoms with E-state index < -0.39 is 9.05 Å². The molecule has 19 heavy (non-hydrogen) atoms. The monoisotopic (exact) mass is 302 g/mol. The first-order valence-corrected chi connectivity index (χ1v) is 9.38. The van der Waals surface area contributed by atoms with Crippen molar-refractivity contribution in [3.63, 3.8) is 0 Å². The fraction of sp³-hybridized carbons (Fsp3) is 0.600. The minimum Gasteiger partial charge on any atom is -0.207 e. The third-order valence-corrected chi connectivity index (χ3v) is 4.64. The van der Waals surface area contributed by atoms with Crippen molar-refractivity contribution < 1.29 is 8.42 Å². The van der Waals surface area contributed by atoms with Gasteiger partial charge in [0.05, 0.1) is 4.90 Å². The molecule has 2 nitrogen and oxygen atoms in total. The summed E-state index contributed by atoms with van der Waals surface area (Å²) < 4.78 is 22.2. The van der Waals surface area contributed by atoms with Crippen LogP contribution in [0, 0.1) is 0 Å². The van der Waals surface area contributed by atoms with E-state index in [1.165, 1.54) is 50.5 Å². The van der Waals surface area contributed by atoms with Gasteiger partial charge in [0.25, 0.3) is 9.05 Å². The smallest absolute Gasteiger partial charge is 0.207 e. The number of rotatable bonds is 9. The zero-order valence-corrected chi connectivity index (χ0v) is 13.1. The van der Waals surface area contributed by atoms with Crippen molar-refractivity contribution in [1.29, 1.82) is 0 Å². The van der Waals surface area contributed by atoms with Crippen molar-refractivity contribution in [2.24, 2.45) is 0 Å². The molecule has 0 aliphatic carbocycles. The van der Waals surface area contributed by atoms with Crippen LogP contribution >= 0.6 is 10.7 Å². The number of unbranched alkanes of at least 4 members (excludes halogenated alkanes) is 6. The summed E-state index contributed by atoms with van der Waals surface area (Å²) in [7, 11) is 1.68. The van der Waals surface area contributed by atoms with Gasteiger partial charge in [0, 0.05) is 10.7 Å². The second kappa shape index (κ2) is 8.60. The van der Waals surface area contributed by atoms with Gasteiger partial charge in [-0.25, -0.2) is 8.42 Å². The number of benzene rings is 1. The summed E-state index contributed by atoms with van der Waals surface area (Å²) in [5, 5.41) is 0. The van der Waals surface area contributed by atoms with E-state index in [0.717, 1.165) is 6.42 Å². The summed E-state index contributed by atoms with van der Waals surface area (Å²) in [5.41, 5.74) is 1.18. The highest BCUT2D eigenvalue weighted by atomic mass is 35.7. The molecule has 0 aliphatic rings. The maximum atomic E-state index is 11.1. The Morgan fingerprint density at radius 3 is 1.95 bits per heavy atom. The van der Waals surface area contributed by atoms with E-state index in [1.807, 2.05) is 12.1 Å². The largest absolute Gasteiger partial charge is 0.261 e. The van der Waals surface area contributed by atoms with Crippen LogP contribution in [0.4, 0.5) is 0 Å². The van der Waals surface area contributed by atoms with Crippen LogP contribution in [0.25, 0.3) is 0 Å². The average molecular weight is 303 g/mol. The van der Waals surface area contributed by atoms with Gasteiger partial charge in [-0.3, -0.25) is 0 Å². The lowest BCUT2D eigenvalue weighted by Gasteiger charge is -2.03. The summed E-state index contributed by atoms with van der Waals surface area (Å²) in [6.07, 6.45) is 10.0. The van der Waals surface area contributed by atoms with Crippen LogP contribution in [0.1, 0.15) is 57.4 Å². The highest BCUT2D eigenvalue weighted by Crippen LogP contribution is 2.17. The second-order valence-electron chi connectivity index (χ2n) is 4.95. The van der Waals surface area contributed by atoms with Crippen molar-refractivity contribution in [2.75, 3.05) is 0 Å². The van der Waals surface area contributed by atoms with Crippen LogP contribution in [0.3, 0.4) is 0 Å². The van der Waals surface area contributed by atoms with Crippen molar-refractivity contribution >= 4 is 19.7 Å². The average Bonchev–Trinajstić information content (AvgIpc) is 2.37. The standard InChI is InChI=1S/C15H23ClO2S/c1-2-3-4-5-6-7-8-9-14-10-12-15(13-11-14)19(16,17)18/h10-13H,2-9H2,1H3. The van der Waals surface area contributed by atoms with Crippen LogP contribution in [-0.2, 0) is 15.5 Å². The Kier molecular flexibility index (Phi) is 7.47. The first-order valence-electron chi connectivity index (χ1n) is 7.07. The minimum absolute atomic E-state index is 0.178. The molecule has 108 valence electrons. The molecular weight excluding hydrogens is 280 g/mol. The van der Waals surface area contributed by atoms with Gasteiger partial charge >= 0.3 is 0 Å². The van der Waals surface area contributed by atoms with Crippen LogP contribution < -0.4 is 0 Å². The fourth-order valence-electron chi connectivity index (χ4n) is 2.10. The molecule has 0 heterocycles. The van der Waals surface area contributed by atoms with Crippen molar-refractivity contribution in [2.45, 2.75) is 63.2 Å². The molecule has 0 spiro atoms. The molecule has 0 radical (unpaired) electrons. The molecule has 0 atom stereocenters. The molecule has 1 rings (SSSR count). The molecule has 0 unspecified atom stereocenters. The molecule has 0 saturated carbocycles. The fourth-order valence-corrected chi connectivity index (χ4v) is 2.87. The predicted molar refractivity (Wildman–Crippen MR) is 81.2 cm³/mol. The number of hydrogen-bond donors (Lipinski definition) is 0. The first-order chi connectivity index (χ1) is 9.04. The zero-order valence-electron chi connectivity index (χ0n) is 11.6. The van der Waals surface area contributed by atoms with Gasteiger partial charge in [0.2, 0.25) is 0 Å². The summed E-state index contributed by atoms with van der Waals surface area (Å²) >= 11 is 0. The Hall–Kier alpha value is -0.540. The van der Waals surface area contributed by atoms with Gasteiger partial charge in [0.15, 0.2) is 0 Å². The summed E-state index contributed by atoms with van der Waals surface area (Å²) in [6.45, 7) is 2.23. The number of aryl methyl sites for hydroxylation is 1. The summed E-state index contributed by atoms with van der Waals surface area (Å²) in [6, 6.07) is 6.87. The lowest BCUT2D eigenvalue weighted by atomic mass is 10.0. The minimum atomic E-state index is -3.59. The number of halogens is 1. The van der Waals surface area contributed by atoms with Gasteiger partial charge in [-0.2, -0.15) is 0 Å². The number of hydrogen-bond acceptors (Lipinski definition) is 2. The Morgan fingerprint density at radius 1 is 0.895 bits per heavy atom. The van der Waals surface area contributed by atoms with Gasteiger partial charge in [0.1, 0.15) is 0 Å². The Balaban J connectivity index is 2.23. The quantitative estimate of drug-likeness (QED) is 0.480. The lowest BCUT2D eigenvalue weighted by molar-refractivity contribution is 0.589. The summed E-state index contributed by atoms with van der Waals surface area (Å²) in [5.74, 6) is 0. The summed E-state index contributed by atoms with van der Waals surface area (Å²) in [4.78, 5) is 0.178. The van der Waals surface area contributed by atoms with E-state index in [4.69, 9.17) is 10.7 Å². The molecule has 0 aromatic heterocycles. The molecule has 0 bridgehead atoms. The van der Waals surface area contributed by atoms with Crippen LogP contribution in [0.2, 0.25) is 0 Å². The highest BCUT2D eigenvalue weighted by Gasteiger charge is 2.08. The van der Waals surface area contributed by atoms with E-state index in [2.05, 4.69) is 6.92 Å². The predicted octanol–water partition coefficient (Wildman–Crippen LogP) is 4.91. The Bertz CT molecular complexity index is 452. The maximum Gasteiger partial charge on any atom is 0.261 e. The van der Waals surface area contributed by atoms with E-state index >= 15 is 0 Å². The molecular formula is C15H23ClO2S. The molecule has 0 fully saturated rings. The van der Waals surface area contributed by atoms with Crippen LogP contribution in [-0.4, -0.2) is 8.42 Å². The first kappa shape index (κ1) is 16.5. The Labute approximate surface area is 121 Å². The lowest BCUT2D eigenvalue weighted by Crippen LogP contribution is -1.92. The normalized spacial score (nSPS) is 11.7. The SMILES string of the molecule is CCCCCCCCCc1ccc(S(=O)(=O)Cl)cc1. The van der Waals surface area contributed by atoms with E-state index in [0.29, 0.717) is 0 Å². The van der Waals surface area contributed by atoms with Crippen LogP contribution in [0.5, 0.6) is 0 Å². The molecule has 1 aromatic carbocycles. The molecule has 1 aromatic rings. The topological polar surface area (TPSA) is 34.1 Å². The molecule has 0 aliphatic heterocycles. The second-order valence-corrected chi connectivity index (χ2v) is 7.52. The van der Waals surface area contributed by atoms with E-state index in [-0.39, 0.29) is 4.90 Å². The molecule has 4 heteroatoms. The van der Waals surface area contributed by atoms with E-state index in [9.17, 15) is 8.42 Å². The maximum absolute atomic E-state index is 11.1. The van der Waals surface area contributed by atoms with Gasteiger partial charge in [-0.05, 0) is 30.5 Å². The third kappa shape index (κ3) is 6.98. The molecule has 0 saturated heterocycles. The van der Waals surface area contributed by atoms with Crippen molar-refractivity contribution in [3.05, 3.63) is 29.8 Å². The molecule has 0 amide bonds. The van der Waals surface area contributed by atoms with Gasteiger partial charge in [-0.15, -0.1) is 0 Å². The van der Waals surface area contributed by atoms with Gasteiger partial charge < -0.3 is 0 Å². The molecule has 0 N–H and O–H groups in total. The van der Waals surface area contributed by atoms with Crippen molar-refractivity contribution in [1.82, 2.24) is 0 Å². The van der Waals surface area contributed by atoms with Crippen LogP contribution in [0.15, 0.2) is 29.2 Å². The van der Waals surface area contributed by atoms with Crippen molar-refractivity contribution in [3.8, 4) is 0 Å². The zero-order chi connectivity index (χ0) is 14.1. The Morgan fingerprint density at radius 2 is 1.42 bits per heavy atom. The van der Waals surface area contributed by atoms with Gasteiger partial charge in [-0.1, -0.05) is 57.6 Å². The highest BCUT2D eigenvalue weighted by molar-refractivity contribution is 8.13. The third-order valence-electron chi connectivity index (χ3n) is 3.27.